The first kappa shape index (κ1) is 17.5. The summed E-state index contributed by atoms with van der Waals surface area (Å²) in [6, 6.07) is 10.1. The number of amides is 1. The molecule has 2 aromatic rings. The average Bonchev–Trinajstić information content (AvgIpc) is 2.58. The van der Waals surface area contributed by atoms with Crippen LogP contribution in [0.25, 0.3) is 0 Å². The number of aromatic nitrogens is 1. The zero-order valence-corrected chi connectivity index (χ0v) is 13.7. The molecule has 0 saturated carbocycles. The van der Waals surface area contributed by atoms with Crippen molar-refractivity contribution < 1.29 is 19.4 Å². The van der Waals surface area contributed by atoms with Crippen molar-refractivity contribution in [3.63, 3.8) is 0 Å². The second kappa shape index (κ2) is 8.10. The van der Waals surface area contributed by atoms with Gasteiger partial charge < -0.3 is 15.2 Å². The molecule has 0 fully saturated rings. The molecular weight excluding hydrogens is 308 g/mol. The van der Waals surface area contributed by atoms with Gasteiger partial charge in [-0.1, -0.05) is 26.0 Å². The molecular formula is C18H20N2O4. The van der Waals surface area contributed by atoms with Crippen LogP contribution in [-0.2, 0) is 6.54 Å². The van der Waals surface area contributed by atoms with Gasteiger partial charge in [-0.15, -0.1) is 0 Å². The zero-order chi connectivity index (χ0) is 17.5. The molecule has 0 aliphatic carbocycles. The molecule has 2 N–H and O–H groups in total. The van der Waals surface area contributed by atoms with E-state index in [1.165, 1.54) is 18.3 Å². The lowest BCUT2D eigenvalue weighted by atomic mass is 10.2. The van der Waals surface area contributed by atoms with Crippen LogP contribution in [0.1, 0.15) is 40.3 Å². The molecule has 126 valence electrons. The van der Waals surface area contributed by atoms with Crippen molar-refractivity contribution in [2.75, 3.05) is 6.61 Å². The summed E-state index contributed by atoms with van der Waals surface area (Å²) in [7, 11) is 0. The molecule has 2 rings (SSSR count). The molecule has 0 unspecified atom stereocenters. The summed E-state index contributed by atoms with van der Waals surface area (Å²) in [6.45, 7) is 5.07. The van der Waals surface area contributed by atoms with E-state index in [1.807, 2.05) is 24.3 Å². The number of benzene rings is 1. The number of hydrogen-bond acceptors (Lipinski definition) is 4. The van der Waals surface area contributed by atoms with Crippen LogP contribution in [-0.4, -0.2) is 28.6 Å². The van der Waals surface area contributed by atoms with Crippen molar-refractivity contribution in [2.24, 2.45) is 5.92 Å². The van der Waals surface area contributed by atoms with E-state index < -0.39 is 11.9 Å². The van der Waals surface area contributed by atoms with Gasteiger partial charge in [-0.05, 0) is 35.7 Å². The second-order valence-electron chi connectivity index (χ2n) is 5.77. The van der Waals surface area contributed by atoms with Crippen LogP contribution in [0.2, 0.25) is 0 Å². The predicted molar refractivity (Wildman–Crippen MR) is 89.1 cm³/mol. The van der Waals surface area contributed by atoms with Crippen molar-refractivity contribution >= 4 is 11.9 Å². The lowest BCUT2D eigenvalue weighted by Gasteiger charge is -2.10. The number of nitrogens with zero attached hydrogens (tertiary/aromatic N) is 1. The molecule has 6 nitrogen and oxygen atoms in total. The van der Waals surface area contributed by atoms with Gasteiger partial charge in [-0.3, -0.25) is 9.78 Å². The average molecular weight is 328 g/mol. The van der Waals surface area contributed by atoms with Crippen molar-refractivity contribution in [3.8, 4) is 5.75 Å². The Hall–Kier alpha value is -2.89. The van der Waals surface area contributed by atoms with Crippen LogP contribution in [0.4, 0.5) is 0 Å². The number of nitrogens with one attached hydrogen (secondary N) is 1. The van der Waals surface area contributed by atoms with Gasteiger partial charge in [0.15, 0.2) is 0 Å². The number of pyridine rings is 1. The lowest BCUT2D eigenvalue weighted by Crippen LogP contribution is -2.24. The third-order valence-corrected chi connectivity index (χ3v) is 3.17. The maximum atomic E-state index is 12.1. The number of ether oxygens (including phenoxy) is 1. The number of carboxylic acids is 1. The zero-order valence-electron chi connectivity index (χ0n) is 13.7. The highest BCUT2D eigenvalue weighted by Gasteiger charge is 2.11. The topological polar surface area (TPSA) is 88.5 Å². The largest absolute Gasteiger partial charge is 0.493 e. The maximum absolute atomic E-state index is 12.1. The van der Waals surface area contributed by atoms with E-state index in [0.717, 1.165) is 11.3 Å². The summed E-state index contributed by atoms with van der Waals surface area (Å²) >= 11 is 0. The molecule has 0 bridgehead atoms. The molecule has 0 spiro atoms. The van der Waals surface area contributed by atoms with Crippen LogP contribution in [0.5, 0.6) is 5.75 Å². The molecule has 0 saturated heterocycles. The highest BCUT2D eigenvalue weighted by atomic mass is 16.5. The van der Waals surface area contributed by atoms with Crippen molar-refractivity contribution in [3.05, 3.63) is 59.4 Å². The van der Waals surface area contributed by atoms with E-state index in [1.54, 1.807) is 0 Å². The van der Waals surface area contributed by atoms with Gasteiger partial charge in [0.25, 0.3) is 5.91 Å². The third-order valence-electron chi connectivity index (χ3n) is 3.17. The Bertz CT molecular complexity index is 728. The number of hydrogen-bond donors (Lipinski definition) is 2. The lowest BCUT2D eigenvalue weighted by molar-refractivity contribution is 0.0696. The SMILES string of the molecule is CC(C)COc1cccc(CNC(=O)c2cc(C(=O)O)ccn2)c1. The van der Waals surface area contributed by atoms with Gasteiger partial charge in [0.1, 0.15) is 11.4 Å². The van der Waals surface area contributed by atoms with E-state index in [4.69, 9.17) is 9.84 Å². The normalized spacial score (nSPS) is 10.5. The Labute approximate surface area is 140 Å². The molecule has 1 heterocycles. The summed E-state index contributed by atoms with van der Waals surface area (Å²) < 4.78 is 5.65. The number of carboxylic acid groups (broad SMARTS) is 1. The van der Waals surface area contributed by atoms with Crippen molar-refractivity contribution in [2.45, 2.75) is 20.4 Å². The fourth-order valence-corrected chi connectivity index (χ4v) is 1.97. The quantitative estimate of drug-likeness (QED) is 0.816. The molecule has 1 amide bonds. The van der Waals surface area contributed by atoms with Crippen molar-refractivity contribution in [1.82, 2.24) is 10.3 Å². The molecule has 6 heteroatoms. The first-order chi connectivity index (χ1) is 11.5. The first-order valence-corrected chi connectivity index (χ1v) is 7.65. The van der Waals surface area contributed by atoms with Gasteiger partial charge in [-0.2, -0.15) is 0 Å². The minimum atomic E-state index is -1.10. The fourth-order valence-electron chi connectivity index (χ4n) is 1.97. The highest BCUT2D eigenvalue weighted by Crippen LogP contribution is 2.14. The summed E-state index contributed by atoms with van der Waals surface area (Å²) in [5.74, 6) is -0.338. The molecule has 1 aromatic heterocycles. The monoisotopic (exact) mass is 328 g/mol. The molecule has 0 aliphatic rings. The van der Waals surface area contributed by atoms with Crippen LogP contribution in [0, 0.1) is 5.92 Å². The first-order valence-electron chi connectivity index (χ1n) is 7.65. The standard InChI is InChI=1S/C18H20N2O4/c1-12(2)11-24-15-5-3-4-13(8-15)10-20-17(21)16-9-14(18(22)23)6-7-19-16/h3-9,12H,10-11H2,1-2H3,(H,20,21)(H,22,23). The van der Waals surface area contributed by atoms with E-state index in [9.17, 15) is 9.59 Å². The summed E-state index contributed by atoms with van der Waals surface area (Å²) in [6.07, 6.45) is 1.30. The summed E-state index contributed by atoms with van der Waals surface area (Å²) in [5.41, 5.74) is 0.986. The van der Waals surface area contributed by atoms with E-state index in [0.29, 0.717) is 19.1 Å². The van der Waals surface area contributed by atoms with E-state index in [2.05, 4.69) is 24.1 Å². The Morgan fingerprint density at radius 2 is 2.04 bits per heavy atom. The number of aromatic carboxylic acids is 1. The number of carbonyl (C=O) groups excluding carboxylic acids is 1. The van der Waals surface area contributed by atoms with E-state index in [-0.39, 0.29) is 11.3 Å². The second-order valence-corrected chi connectivity index (χ2v) is 5.77. The Balaban J connectivity index is 1.97. The van der Waals surface area contributed by atoms with Gasteiger partial charge in [0, 0.05) is 12.7 Å². The van der Waals surface area contributed by atoms with Crippen LogP contribution in [0.15, 0.2) is 42.6 Å². The minimum Gasteiger partial charge on any atom is -0.493 e. The number of carbonyl (C=O) groups is 2. The van der Waals surface area contributed by atoms with Crippen LogP contribution in [0.3, 0.4) is 0 Å². The fraction of sp³-hybridized carbons (Fsp3) is 0.278. The van der Waals surface area contributed by atoms with Crippen molar-refractivity contribution in [1.29, 1.82) is 0 Å². The van der Waals surface area contributed by atoms with Gasteiger partial charge in [0.05, 0.1) is 12.2 Å². The Morgan fingerprint density at radius 3 is 2.75 bits per heavy atom. The Kier molecular flexibility index (Phi) is 5.89. The van der Waals surface area contributed by atoms with Gasteiger partial charge in [0.2, 0.25) is 0 Å². The third kappa shape index (κ3) is 5.08. The van der Waals surface area contributed by atoms with Crippen LogP contribution < -0.4 is 10.1 Å². The van der Waals surface area contributed by atoms with Gasteiger partial charge >= 0.3 is 5.97 Å². The minimum absolute atomic E-state index is 0.0271. The number of rotatable bonds is 7. The molecule has 24 heavy (non-hydrogen) atoms. The molecule has 1 aromatic carbocycles. The van der Waals surface area contributed by atoms with E-state index >= 15 is 0 Å². The highest BCUT2D eigenvalue weighted by molar-refractivity contribution is 5.95. The molecule has 0 aliphatic heterocycles. The van der Waals surface area contributed by atoms with Gasteiger partial charge in [-0.25, -0.2) is 4.79 Å². The molecule has 0 radical (unpaired) electrons. The smallest absolute Gasteiger partial charge is 0.335 e. The molecule has 0 atom stereocenters. The summed E-state index contributed by atoms with van der Waals surface area (Å²) in [4.78, 5) is 26.9. The Morgan fingerprint density at radius 1 is 1.25 bits per heavy atom. The predicted octanol–water partition coefficient (Wildman–Crippen LogP) is 2.74. The summed E-state index contributed by atoms with van der Waals surface area (Å²) in [5, 5.41) is 11.7. The maximum Gasteiger partial charge on any atom is 0.335 e. The van der Waals surface area contributed by atoms with Crippen LogP contribution >= 0.6 is 0 Å².